The number of ether oxygens (including phenoxy) is 1. The van der Waals surface area contributed by atoms with Gasteiger partial charge in [0.2, 0.25) is 11.8 Å². The quantitative estimate of drug-likeness (QED) is 0.584. The van der Waals surface area contributed by atoms with Crippen LogP contribution >= 0.6 is 15.9 Å². The molecule has 2 amide bonds. The zero-order chi connectivity index (χ0) is 21.7. The third-order valence-corrected chi connectivity index (χ3v) is 6.54. The van der Waals surface area contributed by atoms with Crippen molar-refractivity contribution in [1.82, 2.24) is 4.90 Å². The summed E-state index contributed by atoms with van der Waals surface area (Å²) in [6.07, 6.45) is 1.47. The Balaban J connectivity index is 1.73. The minimum absolute atomic E-state index is 0.0552. The van der Waals surface area contributed by atoms with Gasteiger partial charge in [-0.15, -0.1) is 0 Å². The van der Waals surface area contributed by atoms with E-state index >= 15 is 0 Å². The molecule has 160 valence electrons. The fourth-order valence-electron chi connectivity index (χ4n) is 3.09. The molecule has 0 atom stereocenters. The van der Waals surface area contributed by atoms with E-state index in [4.69, 9.17) is 4.74 Å². The molecule has 3 rings (SSSR count). The highest BCUT2D eigenvalue weighted by Gasteiger charge is 2.22. The number of hydrogen-bond acceptors (Lipinski definition) is 5. The minimum atomic E-state index is -3.95. The van der Waals surface area contributed by atoms with E-state index in [1.165, 1.54) is 19.2 Å². The Labute approximate surface area is 183 Å². The second kappa shape index (κ2) is 9.48. The first kappa shape index (κ1) is 22.1. The normalized spacial score (nSPS) is 13.9. The number of hydrogen-bond donors (Lipinski definition) is 2. The molecule has 0 aliphatic carbocycles. The van der Waals surface area contributed by atoms with Crippen molar-refractivity contribution >= 4 is 49.1 Å². The number of benzene rings is 2. The van der Waals surface area contributed by atoms with E-state index in [-0.39, 0.29) is 28.9 Å². The van der Waals surface area contributed by atoms with Crippen molar-refractivity contribution in [2.24, 2.45) is 0 Å². The Kier molecular flexibility index (Phi) is 6.99. The number of nitrogens with zero attached hydrogens (tertiary/aromatic N) is 1. The van der Waals surface area contributed by atoms with Gasteiger partial charge in [-0.2, -0.15) is 0 Å². The van der Waals surface area contributed by atoms with Crippen LogP contribution in [0.15, 0.2) is 51.8 Å². The fourth-order valence-corrected chi connectivity index (χ4v) is 4.61. The number of amides is 2. The molecular weight excluding hydrogens is 474 g/mol. The monoisotopic (exact) mass is 495 g/mol. The molecule has 2 aromatic rings. The first-order chi connectivity index (χ1) is 14.3. The number of rotatable bonds is 8. The van der Waals surface area contributed by atoms with Crippen molar-refractivity contribution in [2.75, 3.05) is 30.2 Å². The summed E-state index contributed by atoms with van der Waals surface area (Å²) in [5, 5.41) is 2.68. The molecule has 2 N–H and O–H groups in total. The van der Waals surface area contributed by atoms with Crippen molar-refractivity contribution in [2.45, 2.75) is 24.2 Å². The van der Waals surface area contributed by atoms with Gasteiger partial charge < -0.3 is 15.0 Å². The molecule has 1 saturated heterocycles. The summed E-state index contributed by atoms with van der Waals surface area (Å²) in [7, 11) is -2.58. The molecule has 0 aromatic heterocycles. The highest BCUT2D eigenvalue weighted by molar-refractivity contribution is 9.10. The molecule has 8 nitrogen and oxygen atoms in total. The van der Waals surface area contributed by atoms with Crippen molar-refractivity contribution < 1.29 is 22.7 Å². The fraction of sp³-hybridized carbons (Fsp3) is 0.300. The van der Waals surface area contributed by atoms with Crippen molar-refractivity contribution in [3.63, 3.8) is 0 Å². The van der Waals surface area contributed by atoms with E-state index in [0.29, 0.717) is 30.9 Å². The number of sulfonamides is 1. The van der Waals surface area contributed by atoms with Gasteiger partial charge in [-0.1, -0.05) is 15.9 Å². The van der Waals surface area contributed by atoms with Crippen LogP contribution in [-0.2, 0) is 19.6 Å². The first-order valence-corrected chi connectivity index (χ1v) is 11.6. The molecule has 1 fully saturated rings. The number of anilines is 2. The van der Waals surface area contributed by atoms with Crippen molar-refractivity contribution in [3.8, 4) is 5.75 Å². The summed E-state index contributed by atoms with van der Waals surface area (Å²) in [6.45, 7) is 1.01. The average molecular weight is 496 g/mol. The Morgan fingerprint density at radius 1 is 1.17 bits per heavy atom. The average Bonchev–Trinajstić information content (AvgIpc) is 3.13. The van der Waals surface area contributed by atoms with Crippen LogP contribution in [0.2, 0.25) is 0 Å². The smallest absolute Gasteiger partial charge is 0.265 e. The van der Waals surface area contributed by atoms with Crippen LogP contribution in [-0.4, -0.2) is 45.3 Å². The van der Waals surface area contributed by atoms with Crippen molar-refractivity contribution in [3.05, 3.63) is 46.9 Å². The third kappa shape index (κ3) is 5.51. The molecule has 1 heterocycles. The second-order valence-electron chi connectivity index (χ2n) is 6.76. The van der Waals surface area contributed by atoms with Crippen LogP contribution in [0.1, 0.15) is 19.3 Å². The van der Waals surface area contributed by atoms with Crippen LogP contribution < -0.4 is 14.8 Å². The predicted molar refractivity (Wildman–Crippen MR) is 117 cm³/mol. The van der Waals surface area contributed by atoms with Gasteiger partial charge in [0.1, 0.15) is 10.6 Å². The number of likely N-dealkylation sites (tertiary alicyclic amines) is 1. The van der Waals surface area contributed by atoms with Gasteiger partial charge in [0.05, 0.1) is 7.11 Å². The molecule has 1 aliphatic heterocycles. The van der Waals surface area contributed by atoms with Gasteiger partial charge in [0.25, 0.3) is 10.0 Å². The molecule has 2 aromatic carbocycles. The lowest BCUT2D eigenvalue weighted by Gasteiger charge is -2.16. The Hall–Kier alpha value is -2.59. The lowest BCUT2D eigenvalue weighted by molar-refractivity contribution is -0.128. The maximum atomic E-state index is 12.9. The standard InChI is InChI=1S/C20H22BrN3O5S/c1-29-17-9-8-16(22-19(25)10-12-24-11-2-3-20(24)26)13-18(17)30(27,28)23-15-6-4-14(21)5-7-15/h4-9,13,23H,2-3,10-12H2,1H3,(H,22,25). The topological polar surface area (TPSA) is 105 Å². The number of nitrogens with one attached hydrogen (secondary N) is 2. The molecule has 0 spiro atoms. The summed E-state index contributed by atoms with van der Waals surface area (Å²) in [5.41, 5.74) is 0.717. The molecule has 0 saturated carbocycles. The highest BCUT2D eigenvalue weighted by atomic mass is 79.9. The van der Waals surface area contributed by atoms with Crippen LogP contribution in [0.4, 0.5) is 11.4 Å². The van der Waals surface area contributed by atoms with Crippen LogP contribution in [0.25, 0.3) is 0 Å². The highest BCUT2D eigenvalue weighted by Crippen LogP contribution is 2.29. The van der Waals surface area contributed by atoms with Crippen LogP contribution in [0.5, 0.6) is 5.75 Å². The zero-order valence-electron chi connectivity index (χ0n) is 16.4. The second-order valence-corrected chi connectivity index (χ2v) is 9.33. The van der Waals surface area contributed by atoms with E-state index < -0.39 is 10.0 Å². The van der Waals surface area contributed by atoms with E-state index in [1.807, 2.05) is 0 Å². The molecule has 1 aliphatic rings. The largest absolute Gasteiger partial charge is 0.495 e. The number of carbonyl (C=O) groups excluding carboxylic acids is 2. The van der Waals surface area contributed by atoms with Gasteiger partial charge in [-0.05, 0) is 48.9 Å². The maximum absolute atomic E-state index is 12.9. The zero-order valence-corrected chi connectivity index (χ0v) is 18.8. The first-order valence-electron chi connectivity index (χ1n) is 9.32. The number of carbonyl (C=O) groups is 2. The number of methoxy groups -OCH3 is 1. The van der Waals surface area contributed by atoms with Gasteiger partial charge in [0.15, 0.2) is 0 Å². The van der Waals surface area contributed by atoms with Crippen LogP contribution in [0.3, 0.4) is 0 Å². The maximum Gasteiger partial charge on any atom is 0.265 e. The van der Waals surface area contributed by atoms with Crippen molar-refractivity contribution in [1.29, 1.82) is 0 Å². The Bertz CT molecular complexity index is 1040. The minimum Gasteiger partial charge on any atom is -0.495 e. The van der Waals surface area contributed by atoms with E-state index in [2.05, 4.69) is 26.0 Å². The molecule has 10 heteroatoms. The molecule has 0 radical (unpaired) electrons. The lowest BCUT2D eigenvalue weighted by Crippen LogP contribution is -2.28. The van der Waals surface area contributed by atoms with E-state index in [0.717, 1.165) is 10.9 Å². The van der Waals surface area contributed by atoms with Crippen LogP contribution in [0, 0.1) is 0 Å². The molecule has 0 bridgehead atoms. The lowest BCUT2D eigenvalue weighted by atomic mass is 10.3. The summed E-state index contributed by atoms with van der Waals surface area (Å²) in [5.74, 6) is -0.0935. The Morgan fingerprint density at radius 2 is 1.87 bits per heavy atom. The molecular formula is C20H22BrN3O5S. The third-order valence-electron chi connectivity index (χ3n) is 4.61. The number of halogens is 1. The molecule has 0 unspecified atom stereocenters. The van der Waals surface area contributed by atoms with E-state index in [1.54, 1.807) is 35.2 Å². The summed E-state index contributed by atoms with van der Waals surface area (Å²) >= 11 is 3.30. The summed E-state index contributed by atoms with van der Waals surface area (Å²) in [4.78, 5) is 25.5. The summed E-state index contributed by atoms with van der Waals surface area (Å²) in [6, 6.07) is 11.1. The summed E-state index contributed by atoms with van der Waals surface area (Å²) < 4.78 is 34.3. The molecule has 30 heavy (non-hydrogen) atoms. The van der Waals surface area contributed by atoms with Gasteiger partial charge in [-0.25, -0.2) is 8.42 Å². The van der Waals surface area contributed by atoms with Gasteiger partial charge >= 0.3 is 0 Å². The van der Waals surface area contributed by atoms with E-state index in [9.17, 15) is 18.0 Å². The SMILES string of the molecule is COc1ccc(NC(=O)CCN2CCCC2=O)cc1S(=O)(=O)Nc1ccc(Br)cc1. The Morgan fingerprint density at radius 3 is 2.50 bits per heavy atom. The predicted octanol–water partition coefficient (Wildman–Crippen LogP) is 3.21. The van der Waals surface area contributed by atoms with Gasteiger partial charge in [-0.3, -0.25) is 14.3 Å². The van der Waals surface area contributed by atoms with Gasteiger partial charge in [0, 0.05) is 41.8 Å².